The summed E-state index contributed by atoms with van der Waals surface area (Å²) in [5, 5.41) is 5.58. The number of nitrogens with one attached hydrogen (secondary N) is 1. The van der Waals surface area contributed by atoms with Crippen molar-refractivity contribution in [3.05, 3.63) is 34.2 Å². The Morgan fingerprint density at radius 2 is 2.23 bits per heavy atom. The quantitative estimate of drug-likeness (QED) is 0.761. The molecule has 1 N–H and O–H groups in total. The van der Waals surface area contributed by atoms with Crippen molar-refractivity contribution in [1.29, 1.82) is 0 Å². The highest BCUT2D eigenvalue weighted by Gasteiger charge is 2.23. The van der Waals surface area contributed by atoms with Crippen molar-refractivity contribution >= 4 is 34.3 Å². The van der Waals surface area contributed by atoms with Gasteiger partial charge in [-0.25, -0.2) is 9.97 Å². The van der Waals surface area contributed by atoms with E-state index in [1.165, 1.54) is 17.9 Å². The zero-order valence-corrected chi connectivity index (χ0v) is 15.9. The number of amides is 1. The van der Waals surface area contributed by atoms with Gasteiger partial charge in [-0.1, -0.05) is 0 Å². The van der Waals surface area contributed by atoms with E-state index in [4.69, 9.17) is 4.74 Å². The minimum absolute atomic E-state index is 0.194. The number of carbonyl (C=O) groups excluding carboxylic acids is 1. The van der Waals surface area contributed by atoms with Crippen LogP contribution in [0.5, 0.6) is 0 Å². The Balaban J connectivity index is 1.72. The fourth-order valence-corrected chi connectivity index (χ4v) is 4.16. The minimum Gasteiger partial charge on any atom is -0.376 e. The summed E-state index contributed by atoms with van der Waals surface area (Å²) in [5.41, 5.74) is 4.34. The van der Waals surface area contributed by atoms with Gasteiger partial charge in [0.25, 0.3) is 5.91 Å². The van der Waals surface area contributed by atoms with Gasteiger partial charge in [-0.15, -0.1) is 0 Å². The van der Waals surface area contributed by atoms with Crippen LogP contribution in [-0.2, 0) is 11.3 Å². The van der Waals surface area contributed by atoms with E-state index in [2.05, 4.69) is 31.1 Å². The maximum absolute atomic E-state index is 12.6. The number of carbonyl (C=O) groups is 1. The molecule has 0 radical (unpaired) electrons. The first-order valence-electron chi connectivity index (χ1n) is 8.70. The monoisotopic (exact) mass is 371 g/mol. The van der Waals surface area contributed by atoms with E-state index in [0.717, 1.165) is 54.0 Å². The Kier molecular flexibility index (Phi) is 4.46. The lowest BCUT2D eigenvalue weighted by Crippen LogP contribution is -2.16. The summed E-state index contributed by atoms with van der Waals surface area (Å²) in [6.07, 6.45) is 3.89. The van der Waals surface area contributed by atoms with Crippen LogP contribution in [0, 0.1) is 20.8 Å². The molecule has 26 heavy (non-hydrogen) atoms. The van der Waals surface area contributed by atoms with E-state index in [1.54, 1.807) is 5.38 Å². The molecule has 1 aliphatic rings. The summed E-state index contributed by atoms with van der Waals surface area (Å²) in [4.78, 5) is 21.4. The topological polar surface area (TPSA) is 81.9 Å². The van der Waals surface area contributed by atoms with E-state index in [-0.39, 0.29) is 12.0 Å². The Morgan fingerprint density at radius 1 is 1.38 bits per heavy atom. The van der Waals surface area contributed by atoms with Crippen LogP contribution in [0.2, 0.25) is 0 Å². The molecule has 136 valence electrons. The Hall–Kier alpha value is -2.32. The number of nitrogens with zero attached hydrogens (tertiary/aromatic N) is 4. The fraction of sp³-hybridized carbons (Fsp3) is 0.444. The minimum atomic E-state index is -0.194. The smallest absolute Gasteiger partial charge is 0.259 e. The lowest BCUT2D eigenvalue weighted by molar-refractivity contribution is 0.0974. The lowest BCUT2D eigenvalue weighted by Gasteiger charge is -2.13. The highest BCUT2D eigenvalue weighted by molar-refractivity contribution is 7.04. The average molecular weight is 371 g/mol. The second kappa shape index (κ2) is 6.77. The molecule has 3 aromatic rings. The van der Waals surface area contributed by atoms with E-state index < -0.39 is 0 Å². The summed E-state index contributed by atoms with van der Waals surface area (Å²) in [6.45, 7) is 7.54. The maximum Gasteiger partial charge on any atom is 0.259 e. The number of aryl methyl sites for hydroxylation is 2. The van der Waals surface area contributed by atoms with E-state index in [0.29, 0.717) is 11.4 Å². The van der Waals surface area contributed by atoms with Crippen LogP contribution in [0.4, 0.5) is 5.82 Å². The van der Waals surface area contributed by atoms with Gasteiger partial charge in [-0.3, -0.25) is 4.79 Å². The van der Waals surface area contributed by atoms with Gasteiger partial charge < -0.3 is 14.6 Å². The summed E-state index contributed by atoms with van der Waals surface area (Å²) in [6, 6.07) is 0. The van der Waals surface area contributed by atoms with Gasteiger partial charge in [0.1, 0.15) is 17.8 Å². The van der Waals surface area contributed by atoms with Gasteiger partial charge in [-0.2, -0.15) is 4.37 Å². The van der Waals surface area contributed by atoms with Crippen molar-refractivity contribution in [2.24, 2.45) is 0 Å². The predicted molar refractivity (Wildman–Crippen MR) is 101 cm³/mol. The van der Waals surface area contributed by atoms with Crippen molar-refractivity contribution in [2.45, 2.75) is 46.3 Å². The zero-order valence-electron chi connectivity index (χ0n) is 15.1. The predicted octanol–water partition coefficient (Wildman–Crippen LogP) is 3.24. The molecule has 1 saturated heterocycles. The first-order chi connectivity index (χ1) is 12.6. The van der Waals surface area contributed by atoms with Crippen LogP contribution in [0.25, 0.3) is 11.0 Å². The number of hydrogen-bond acceptors (Lipinski definition) is 6. The molecule has 4 rings (SSSR count). The van der Waals surface area contributed by atoms with Crippen LogP contribution in [-0.4, -0.2) is 37.5 Å². The second-order valence-electron chi connectivity index (χ2n) is 6.64. The Labute approximate surface area is 155 Å². The molecule has 1 amide bonds. The maximum atomic E-state index is 12.6. The number of ether oxygens (including phenoxy) is 1. The third-order valence-electron chi connectivity index (χ3n) is 5.04. The largest absolute Gasteiger partial charge is 0.376 e. The number of aromatic nitrogens is 4. The van der Waals surface area contributed by atoms with Crippen molar-refractivity contribution in [3.8, 4) is 0 Å². The SMILES string of the molecule is Cc1nscc1C(=O)Nc1ncnc2c1c(C)c(C)n2CC1CCCO1. The van der Waals surface area contributed by atoms with Gasteiger partial charge in [-0.05, 0) is 50.7 Å². The van der Waals surface area contributed by atoms with Crippen molar-refractivity contribution < 1.29 is 9.53 Å². The molecule has 3 aromatic heterocycles. The number of rotatable bonds is 4. The zero-order chi connectivity index (χ0) is 18.3. The van der Waals surface area contributed by atoms with Gasteiger partial charge in [0.2, 0.25) is 0 Å². The molecule has 1 aliphatic heterocycles. The highest BCUT2D eigenvalue weighted by Crippen LogP contribution is 2.30. The van der Waals surface area contributed by atoms with E-state index in [1.807, 2.05) is 13.8 Å². The summed E-state index contributed by atoms with van der Waals surface area (Å²) < 4.78 is 12.1. The second-order valence-corrected chi connectivity index (χ2v) is 7.27. The molecule has 0 bridgehead atoms. The first-order valence-corrected chi connectivity index (χ1v) is 9.54. The van der Waals surface area contributed by atoms with Gasteiger partial charge in [0.05, 0.1) is 29.3 Å². The van der Waals surface area contributed by atoms with Crippen LogP contribution < -0.4 is 5.32 Å². The van der Waals surface area contributed by atoms with Gasteiger partial charge in [0, 0.05) is 17.7 Å². The molecule has 7 nitrogen and oxygen atoms in total. The third kappa shape index (κ3) is 2.89. The highest BCUT2D eigenvalue weighted by atomic mass is 32.1. The Bertz CT molecular complexity index is 972. The molecule has 0 saturated carbocycles. The molecule has 1 atom stereocenters. The molecule has 1 fully saturated rings. The molecule has 0 aliphatic carbocycles. The molecule has 8 heteroatoms. The molecule has 1 unspecified atom stereocenters. The number of hydrogen-bond donors (Lipinski definition) is 1. The van der Waals surface area contributed by atoms with Crippen LogP contribution in [0.3, 0.4) is 0 Å². The van der Waals surface area contributed by atoms with Crippen LogP contribution in [0.15, 0.2) is 11.7 Å². The Morgan fingerprint density at radius 3 is 2.92 bits per heavy atom. The van der Waals surface area contributed by atoms with Crippen molar-refractivity contribution in [1.82, 2.24) is 18.9 Å². The normalized spacial score (nSPS) is 17.1. The third-order valence-corrected chi connectivity index (χ3v) is 5.76. The summed E-state index contributed by atoms with van der Waals surface area (Å²) >= 11 is 1.27. The summed E-state index contributed by atoms with van der Waals surface area (Å²) in [5.74, 6) is 0.345. The van der Waals surface area contributed by atoms with Crippen molar-refractivity contribution in [2.75, 3.05) is 11.9 Å². The van der Waals surface area contributed by atoms with Crippen LogP contribution in [0.1, 0.15) is 40.2 Å². The summed E-state index contributed by atoms with van der Waals surface area (Å²) in [7, 11) is 0. The molecule has 0 spiro atoms. The number of anilines is 1. The standard InChI is InChI=1S/C18H21N5O2S/c1-10-12(3)23(7-13-5-4-6-25-13)17-15(10)16(19-9-20-17)21-18(24)14-8-26-22-11(14)2/h8-9,13H,4-7H2,1-3H3,(H,19,20,21,24). The molecular weight excluding hydrogens is 350 g/mol. The molecule has 0 aromatic carbocycles. The van der Waals surface area contributed by atoms with E-state index >= 15 is 0 Å². The average Bonchev–Trinajstić information content (AvgIpc) is 3.33. The van der Waals surface area contributed by atoms with E-state index in [9.17, 15) is 4.79 Å². The first kappa shape index (κ1) is 17.1. The fourth-order valence-electron chi connectivity index (χ4n) is 3.46. The van der Waals surface area contributed by atoms with Gasteiger partial charge >= 0.3 is 0 Å². The lowest BCUT2D eigenvalue weighted by atomic mass is 10.2. The number of fused-ring (bicyclic) bond motifs is 1. The molecular formula is C18H21N5O2S. The van der Waals surface area contributed by atoms with Crippen LogP contribution >= 0.6 is 11.5 Å². The van der Waals surface area contributed by atoms with Crippen molar-refractivity contribution in [3.63, 3.8) is 0 Å². The molecule has 4 heterocycles. The van der Waals surface area contributed by atoms with Gasteiger partial charge in [0.15, 0.2) is 0 Å².